The van der Waals surface area contributed by atoms with Crippen LogP contribution >= 0.6 is 0 Å². The average molecular weight is 763 g/mol. The van der Waals surface area contributed by atoms with Gasteiger partial charge in [0, 0.05) is 57.5 Å². The van der Waals surface area contributed by atoms with E-state index in [1.165, 1.54) is 36.4 Å². The zero-order valence-corrected chi connectivity index (χ0v) is 29.0. The Morgan fingerprint density at radius 3 is 0.824 bits per heavy atom. The molecule has 1 fully saturated rings. The van der Waals surface area contributed by atoms with E-state index in [1.807, 2.05) is 0 Å². The molecule has 0 aromatic heterocycles. The number of sulfonamides is 3. The molecule has 1 heterocycles. The minimum Gasteiger partial charge on any atom is -0.258 e. The third kappa shape index (κ3) is 8.24. The Kier molecular flexibility index (Phi) is 11.3. The summed E-state index contributed by atoms with van der Waals surface area (Å²) in [5.41, 5.74) is -2.58. The van der Waals surface area contributed by atoms with Crippen molar-refractivity contribution >= 4 is 47.1 Å². The van der Waals surface area contributed by atoms with Gasteiger partial charge in [0.1, 0.15) is 0 Å². The van der Waals surface area contributed by atoms with E-state index in [0.29, 0.717) is 12.9 Å². The van der Waals surface area contributed by atoms with Gasteiger partial charge in [-0.2, -0.15) is 12.9 Å². The molecule has 1 aliphatic rings. The predicted octanol–water partition coefficient (Wildman–Crippen LogP) is 3.47. The normalized spacial score (nSPS) is 16.6. The molecule has 0 atom stereocenters. The molecule has 0 bridgehead atoms. The van der Waals surface area contributed by atoms with Crippen LogP contribution in [0, 0.1) is 30.3 Å². The molecule has 18 nitrogen and oxygen atoms in total. The average Bonchev–Trinajstić information content (AvgIpc) is 3.06. The van der Waals surface area contributed by atoms with Gasteiger partial charge < -0.3 is 0 Å². The summed E-state index contributed by atoms with van der Waals surface area (Å²) < 4.78 is 86.2. The highest BCUT2D eigenvalue weighted by molar-refractivity contribution is 7.90. The first-order valence-corrected chi connectivity index (χ1v) is 18.8. The van der Waals surface area contributed by atoms with Gasteiger partial charge in [0.15, 0.2) is 14.7 Å². The van der Waals surface area contributed by atoms with Gasteiger partial charge in [0.2, 0.25) is 30.1 Å². The maximum absolute atomic E-state index is 14.0. The van der Waals surface area contributed by atoms with E-state index in [2.05, 4.69) is 19.7 Å². The van der Waals surface area contributed by atoms with Crippen molar-refractivity contribution < 1.29 is 40.0 Å². The van der Waals surface area contributed by atoms with Crippen LogP contribution in [0.3, 0.4) is 0 Å². The van der Waals surface area contributed by atoms with Crippen LogP contribution in [-0.2, 0) is 30.1 Å². The summed E-state index contributed by atoms with van der Waals surface area (Å²) in [6.45, 7) is 7.50. The minimum absolute atomic E-state index is 0.0788. The highest BCUT2D eigenvalue weighted by Crippen LogP contribution is 2.32. The van der Waals surface area contributed by atoms with Crippen LogP contribution in [0.5, 0.6) is 0 Å². The summed E-state index contributed by atoms with van der Waals surface area (Å²) >= 11 is 0. The molecule has 1 saturated heterocycles. The lowest BCUT2D eigenvalue weighted by Crippen LogP contribution is -2.43. The van der Waals surface area contributed by atoms with Crippen LogP contribution in [-0.4, -0.2) is 92.2 Å². The highest BCUT2D eigenvalue weighted by atomic mass is 32.2. The molecule has 3 aromatic rings. The third-order valence-electron chi connectivity index (χ3n) is 7.44. The Labute approximate surface area is 292 Å². The standard InChI is InChI=1S/C30H30N6O12S3/c1-22-16-31(49(43,44)28-13-7-4-10-25(28)34(37)38)18-23(2)20-33(51(47,48)30-15-9-6-12-27(30)36(41)42)21-24(3)19-32(17-22)50(45,46)29-14-8-5-11-26(29)35(39)40/h4-15H,1-3,16-21H2. The molecular formula is C30H30N6O12S3. The second kappa shape index (κ2) is 15.0. The lowest BCUT2D eigenvalue weighted by molar-refractivity contribution is -0.388. The number of benzene rings is 3. The van der Waals surface area contributed by atoms with Crippen molar-refractivity contribution in [2.45, 2.75) is 14.7 Å². The SMILES string of the molecule is C=C1CN(S(=O)(=O)c2ccccc2[N+](=O)[O-])CC(=C)CN(S(=O)(=O)c2ccccc2[N+](=O)[O-])CC(=C)CN(S(=O)(=O)c2ccccc2[N+](=O)[O-])C1. The molecule has 51 heavy (non-hydrogen) atoms. The molecule has 0 saturated carbocycles. The Morgan fingerprint density at radius 2 is 0.627 bits per heavy atom. The molecule has 21 heteroatoms. The Hall–Kier alpha value is -5.19. The highest BCUT2D eigenvalue weighted by Gasteiger charge is 2.38. The fourth-order valence-corrected chi connectivity index (χ4v) is 10.1. The van der Waals surface area contributed by atoms with Gasteiger partial charge in [-0.1, -0.05) is 56.1 Å². The van der Waals surface area contributed by atoms with Crippen molar-refractivity contribution in [3.63, 3.8) is 0 Å². The fraction of sp³-hybridized carbons (Fsp3) is 0.200. The number of hydrogen-bond donors (Lipinski definition) is 0. The van der Waals surface area contributed by atoms with Crippen LogP contribution in [0.4, 0.5) is 17.1 Å². The van der Waals surface area contributed by atoms with E-state index in [4.69, 9.17) is 0 Å². The van der Waals surface area contributed by atoms with Gasteiger partial charge in [-0.3, -0.25) is 30.3 Å². The van der Waals surface area contributed by atoms with E-state index in [9.17, 15) is 55.6 Å². The van der Waals surface area contributed by atoms with E-state index in [-0.39, 0.29) is 16.7 Å². The summed E-state index contributed by atoms with van der Waals surface area (Å²) in [5.74, 6) is 0. The smallest absolute Gasteiger partial charge is 0.258 e. The minimum atomic E-state index is -4.81. The van der Waals surface area contributed by atoms with E-state index in [0.717, 1.165) is 36.4 Å². The van der Waals surface area contributed by atoms with Crippen molar-refractivity contribution in [2.24, 2.45) is 0 Å². The zero-order valence-electron chi connectivity index (χ0n) is 26.6. The lowest BCUT2D eigenvalue weighted by atomic mass is 10.2. The van der Waals surface area contributed by atoms with E-state index < -0.39 is 116 Å². The lowest BCUT2D eigenvalue weighted by Gasteiger charge is -2.31. The topological polar surface area (TPSA) is 242 Å². The maximum Gasteiger partial charge on any atom is 0.289 e. The molecule has 0 spiro atoms. The van der Waals surface area contributed by atoms with Gasteiger partial charge in [0.05, 0.1) is 14.8 Å². The van der Waals surface area contributed by atoms with E-state index >= 15 is 0 Å². The second-order valence-corrected chi connectivity index (χ2v) is 17.0. The van der Waals surface area contributed by atoms with Crippen molar-refractivity contribution in [1.82, 2.24) is 12.9 Å². The Morgan fingerprint density at radius 1 is 0.431 bits per heavy atom. The largest absolute Gasteiger partial charge is 0.289 e. The molecule has 1 aliphatic heterocycles. The molecule has 0 amide bonds. The van der Waals surface area contributed by atoms with Gasteiger partial charge in [0.25, 0.3) is 17.1 Å². The second-order valence-electron chi connectivity index (χ2n) is 11.2. The summed E-state index contributed by atoms with van der Waals surface area (Å²) in [6, 6.07) is 13.3. The molecule has 0 radical (unpaired) electrons. The quantitative estimate of drug-likeness (QED) is 0.173. The first-order valence-electron chi connectivity index (χ1n) is 14.5. The Balaban J connectivity index is 1.89. The molecule has 0 aliphatic carbocycles. The van der Waals surface area contributed by atoms with Crippen molar-refractivity contribution in [2.75, 3.05) is 39.3 Å². The van der Waals surface area contributed by atoms with Crippen molar-refractivity contribution in [3.8, 4) is 0 Å². The number of nitro benzene ring substituents is 3. The van der Waals surface area contributed by atoms with Crippen LogP contribution in [0.1, 0.15) is 0 Å². The van der Waals surface area contributed by atoms with Crippen LogP contribution in [0.15, 0.2) is 124 Å². The molecule has 0 unspecified atom stereocenters. The van der Waals surface area contributed by atoms with Gasteiger partial charge in [-0.05, 0) is 34.9 Å². The van der Waals surface area contributed by atoms with Crippen molar-refractivity contribution in [3.05, 3.63) is 140 Å². The van der Waals surface area contributed by atoms with Crippen LogP contribution in [0.25, 0.3) is 0 Å². The monoisotopic (exact) mass is 762 g/mol. The Bertz CT molecular complexity index is 2010. The summed E-state index contributed by atoms with van der Waals surface area (Å²) in [4.78, 5) is 30.4. The number of para-hydroxylation sites is 3. The number of nitrogens with zero attached hydrogens (tertiary/aromatic N) is 6. The van der Waals surface area contributed by atoms with Gasteiger partial charge in [-0.25, -0.2) is 25.3 Å². The van der Waals surface area contributed by atoms with E-state index in [1.54, 1.807) is 0 Å². The van der Waals surface area contributed by atoms with Crippen LogP contribution < -0.4 is 0 Å². The predicted molar refractivity (Wildman–Crippen MR) is 183 cm³/mol. The van der Waals surface area contributed by atoms with Crippen molar-refractivity contribution in [1.29, 1.82) is 0 Å². The maximum atomic E-state index is 14.0. The molecule has 3 aromatic carbocycles. The van der Waals surface area contributed by atoms with Gasteiger partial charge >= 0.3 is 0 Å². The van der Waals surface area contributed by atoms with Gasteiger partial charge in [-0.15, -0.1) is 0 Å². The first-order chi connectivity index (χ1) is 23.8. The van der Waals surface area contributed by atoms with Crippen LogP contribution in [0.2, 0.25) is 0 Å². The molecule has 0 N–H and O–H groups in total. The summed E-state index contributed by atoms with van der Waals surface area (Å²) in [7, 11) is -14.4. The number of rotatable bonds is 9. The molecular weight excluding hydrogens is 733 g/mol. The number of nitro groups is 3. The zero-order chi connectivity index (χ0) is 37.9. The molecule has 270 valence electrons. The summed E-state index contributed by atoms with van der Waals surface area (Å²) in [6.07, 6.45) is 0. The number of hydrogen-bond acceptors (Lipinski definition) is 12. The third-order valence-corrected chi connectivity index (χ3v) is 13.0. The first kappa shape index (κ1) is 38.6. The fourth-order valence-electron chi connectivity index (χ4n) is 5.22. The summed E-state index contributed by atoms with van der Waals surface area (Å²) in [5, 5.41) is 35.3. The molecule has 4 rings (SSSR count).